The quantitative estimate of drug-likeness (QED) is 0.698. The predicted molar refractivity (Wildman–Crippen MR) is 52.4 cm³/mol. The highest BCUT2D eigenvalue weighted by atomic mass is 16.5. The molecule has 0 aliphatic heterocycles. The zero-order chi connectivity index (χ0) is 9.52. The number of hydrogen-bond acceptors (Lipinski definition) is 2. The number of benzene rings is 1. The van der Waals surface area contributed by atoms with Gasteiger partial charge in [0, 0.05) is 0 Å². The fourth-order valence-corrected chi connectivity index (χ4v) is 1.11. The predicted octanol–water partition coefficient (Wildman–Crippen LogP) is 1.92. The third-order valence-electron chi connectivity index (χ3n) is 1.75. The molecular weight excluding hydrogens is 164 g/mol. The lowest BCUT2D eigenvalue weighted by Crippen LogP contribution is -2.08. The van der Waals surface area contributed by atoms with Gasteiger partial charge in [0.05, 0.1) is 13.2 Å². The molecule has 1 atom stereocenters. The molecule has 0 radical (unpaired) electrons. The topological polar surface area (TPSA) is 29.5 Å². The first-order chi connectivity index (χ1) is 6.38. The molecule has 1 aromatic carbocycles. The summed E-state index contributed by atoms with van der Waals surface area (Å²) in [5.41, 5.74) is 0.992. The average Bonchev–Trinajstić information content (AvgIpc) is 2.21. The first kappa shape index (κ1) is 9.96. The molecule has 0 spiro atoms. The minimum absolute atomic E-state index is 0.00213. The normalized spacial score (nSPS) is 12.4. The maximum absolute atomic E-state index is 9.05. The second-order valence-corrected chi connectivity index (χ2v) is 2.70. The van der Waals surface area contributed by atoms with Gasteiger partial charge in [-0.2, -0.15) is 0 Å². The van der Waals surface area contributed by atoms with E-state index in [0.29, 0.717) is 6.61 Å². The first-order valence-electron chi connectivity index (χ1n) is 4.26. The van der Waals surface area contributed by atoms with Gasteiger partial charge in [0.15, 0.2) is 0 Å². The Hall–Kier alpha value is -1.12. The largest absolute Gasteiger partial charge is 0.393 e. The molecular formula is C11H14O2. The van der Waals surface area contributed by atoms with Crippen LogP contribution >= 0.6 is 0 Å². The van der Waals surface area contributed by atoms with Crippen molar-refractivity contribution in [3.63, 3.8) is 0 Å². The van der Waals surface area contributed by atoms with Gasteiger partial charge in [-0.3, -0.25) is 0 Å². The summed E-state index contributed by atoms with van der Waals surface area (Å²) in [7, 11) is 0. The Bertz CT molecular complexity index is 244. The van der Waals surface area contributed by atoms with Gasteiger partial charge in [0.1, 0.15) is 6.10 Å². The van der Waals surface area contributed by atoms with Gasteiger partial charge in [-0.15, -0.1) is 6.58 Å². The van der Waals surface area contributed by atoms with E-state index in [1.54, 1.807) is 6.08 Å². The lowest BCUT2D eigenvalue weighted by Gasteiger charge is -2.14. The van der Waals surface area contributed by atoms with Gasteiger partial charge in [-0.1, -0.05) is 36.4 Å². The van der Waals surface area contributed by atoms with Crippen LogP contribution in [0.15, 0.2) is 43.0 Å². The number of aliphatic hydroxyl groups excluding tert-OH is 1. The Balaban J connectivity index is 2.61. The summed E-state index contributed by atoms with van der Waals surface area (Å²) in [6.07, 6.45) is 1.44. The highest BCUT2D eigenvalue weighted by Gasteiger charge is 2.08. The molecule has 70 valence electrons. The van der Waals surface area contributed by atoms with Crippen LogP contribution in [0.2, 0.25) is 0 Å². The first-order valence-corrected chi connectivity index (χ1v) is 4.26. The summed E-state index contributed by atoms with van der Waals surface area (Å²) in [6.45, 7) is 4.01. The third kappa shape index (κ3) is 3.01. The molecule has 1 aromatic rings. The summed E-state index contributed by atoms with van der Waals surface area (Å²) in [5.74, 6) is 0. The molecule has 0 fully saturated rings. The molecule has 0 bridgehead atoms. The van der Waals surface area contributed by atoms with Crippen molar-refractivity contribution in [1.82, 2.24) is 0 Å². The van der Waals surface area contributed by atoms with E-state index in [1.807, 2.05) is 30.3 Å². The van der Waals surface area contributed by atoms with Crippen LogP contribution in [0.5, 0.6) is 0 Å². The Morgan fingerprint density at radius 3 is 2.62 bits per heavy atom. The lowest BCUT2D eigenvalue weighted by molar-refractivity contribution is 0.0275. The Labute approximate surface area is 78.5 Å². The molecule has 0 amide bonds. The molecule has 2 nitrogen and oxygen atoms in total. The maximum Gasteiger partial charge on any atom is 0.106 e. The third-order valence-corrected chi connectivity index (χ3v) is 1.75. The summed E-state index contributed by atoms with van der Waals surface area (Å²) in [6, 6.07) is 9.66. The second-order valence-electron chi connectivity index (χ2n) is 2.70. The van der Waals surface area contributed by atoms with Gasteiger partial charge in [0.25, 0.3) is 0 Å². The van der Waals surface area contributed by atoms with Gasteiger partial charge in [-0.25, -0.2) is 0 Å². The lowest BCUT2D eigenvalue weighted by atomic mass is 10.1. The number of hydrogen-bond donors (Lipinski definition) is 1. The monoisotopic (exact) mass is 178 g/mol. The zero-order valence-corrected chi connectivity index (χ0v) is 7.52. The van der Waals surface area contributed by atoms with Crippen LogP contribution in [-0.2, 0) is 4.74 Å². The minimum Gasteiger partial charge on any atom is -0.393 e. The number of rotatable bonds is 5. The molecule has 1 N–H and O–H groups in total. The summed E-state index contributed by atoms with van der Waals surface area (Å²) in [5, 5.41) is 9.05. The molecule has 13 heavy (non-hydrogen) atoms. The molecule has 1 rings (SSSR count). The van der Waals surface area contributed by atoms with Crippen molar-refractivity contribution in [1.29, 1.82) is 0 Å². The Morgan fingerprint density at radius 1 is 1.38 bits per heavy atom. The van der Waals surface area contributed by atoms with Gasteiger partial charge in [-0.05, 0) is 5.56 Å². The molecule has 0 aliphatic carbocycles. The molecule has 0 aliphatic rings. The van der Waals surface area contributed by atoms with E-state index >= 15 is 0 Å². The van der Waals surface area contributed by atoms with Crippen LogP contribution in [0.3, 0.4) is 0 Å². The van der Waals surface area contributed by atoms with Crippen molar-refractivity contribution in [2.45, 2.75) is 6.10 Å². The van der Waals surface area contributed by atoms with Gasteiger partial charge in [0.2, 0.25) is 0 Å². The number of ether oxygens (including phenoxy) is 1. The molecule has 0 heterocycles. The van der Waals surface area contributed by atoms with Crippen molar-refractivity contribution in [3.05, 3.63) is 48.6 Å². The maximum atomic E-state index is 9.05. The van der Waals surface area contributed by atoms with E-state index in [-0.39, 0.29) is 12.7 Å². The smallest absolute Gasteiger partial charge is 0.106 e. The molecule has 0 aromatic heterocycles. The fourth-order valence-electron chi connectivity index (χ4n) is 1.11. The zero-order valence-electron chi connectivity index (χ0n) is 7.52. The standard InChI is InChI=1S/C11H14O2/c1-2-8-13-11(9-12)10-6-4-3-5-7-10/h2-7,11-12H,1,8-9H2. The fraction of sp³-hybridized carbons (Fsp3) is 0.273. The Kier molecular flexibility index (Phi) is 4.23. The average molecular weight is 178 g/mol. The van der Waals surface area contributed by atoms with Crippen LogP contribution in [0, 0.1) is 0 Å². The highest BCUT2D eigenvalue weighted by molar-refractivity contribution is 5.17. The van der Waals surface area contributed by atoms with Gasteiger partial charge < -0.3 is 9.84 Å². The molecule has 0 saturated carbocycles. The van der Waals surface area contributed by atoms with E-state index < -0.39 is 0 Å². The molecule has 1 unspecified atom stereocenters. The van der Waals surface area contributed by atoms with E-state index in [4.69, 9.17) is 9.84 Å². The van der Waals surface area contributed by atoms with Crippen LogP contribution in [0.4, 0.5) is 0 Å². The summed E-state index contributed by atoms with van der Waals surface area (Å²) in [4.78, 5) is 0. The minimum atomic E-state index is -0.237. The van der Waals surface area contributed by atoms with E-state index in [2.05, 4.69) is 6.58 Å². The molecule has 2 heteroatoms. The van der Waals surface area contributed by atoms with E-state index in [0.717, 1.165) is 5.56 Å². The highest BCUT2D eigenvalue weighted by Crippen LogP contribution is 2.15. The van der Waals surface area contributed by atoms with Crippen molar-refractivity contribution in [2.75, 3.05) is 13.2 Å². The van der Waals surface area contributed by atoms with E-state index in [1.165, 1.54) is 0 Å². The van der Waals surface area contributed by atoms with Crippen molar-refractivity contribution >= 4 is 0 Å². The van der Waals surface area contributed by atoms with E-state index in [9.17, 15) is 0 Å². The van der Waals surface area contributed by atoms with Crippen molar-refractivity contribution in [3.8, 4) is 0 Å². The van der Waals surface area contributed by atoms with Crippen LogP contribution in [-0.4, -0.2) is 18.3 Å². The van der Waals surface area contributed by atoms with Gasteiger partial charge >= 0.3 is 0 Å². The summed E-state index contributed by atoms with van der Waals surface area (Å²) < 4.78 is 5.36. The number of aliphatic hydroxyl groups is 1. The summed E-state index contributed by atoms with van der Waals surface area (Å²) >= 11 is 0. The second kappa shape index (κ2) is 5.51. The van der Waals surface area contributed by atoms with Crippen LogP contribution < -0.4 is 0 Å². The van der Waals surface area contributed by atoms with Crippen LogP contribution in [0.1, 0.15) is 11.7 Å². The van der Waals surface area contributed by atoms with Crippen molar-refractivity contribution in [2.24, 2.45) is 0 Å². The van der Waals surface area contributed by atoms with Crippen LogP contribution in [0.25, 0.3) is 0 Å². The molecule has 0 saturated heterocycles. The Morgan fingerprint density at radius 2 is 2.08 bits per heavy atom. The SMILES string of the molecule is C=CCOC(CO)c1ccccc1. The van der Waals surface area contributed by atoms with Crippen molar-refractivity contribution < 1.29 is 9.84 Å².